The van der Waals surface area contributed by atoms with Gasteiger partial charge in [0.15, 0.2) is 0 Å². The summed E-state index contributed by atoms with van der Waals surface area (Å²) in [5.74, 6) is 1.36. The normalized spacial score (nSPS) is 16.0. The Morgan fingerprint density at radius 2 is 1.95 bits per heavy atom. The first-order valence-electron chi connectivity index (χ1n) is 14.2. The number of unbranched alkanes of at least 4 members (excludes halogenated alkanes) is 1. The van der Waals surface area contributed by atoms with Gasteiger partial charge in [0.2, 0.25) is 5.91 Å². The van der Waals surface area contributed by atoms with Crippen molar-refractivity contribution in [1.82, 2.24) is 14.9 Å². The third-order valence-corrected chi connectivity index (χ3v) is 7.99. The van der Waals surface area contributed by atoms with Crippen LogP contribution in [0.4, 0.5) is 17.2 Å². The molecule has 1 atom stereocenters. The number of benzene rings is 1. The molecular weight excluding hydrogens is 490 g/mol. The van der Waals surface area contributed by atoms with Crippen LogP contribution in [0.3, 0.4) is 0 Å². The average Bonchev–Trinajstić information content (AvgIpc) is 2.97. The van der Waals surface area contributed by atoms with E-state index in [0.29, 0.717) is 56.9 Å². The van der Waals surface area contributed by atoms with Crippen molar-refractivity contribution in [2.45, 2.75) is 59.4 Å². The van der Waals surface area contributed by atoms with Crippen molar-refractivity contribution in [2.24, 2.45) is 5.92 Å². The van der Waals surface area contributed by atoms with Gasteiger partial charge in [-0.25, -0.2) is 0 Å². The van der Waals surface area contributed by atoms with Gasteiger partial charge < -0.3 is 30.6 Å². The largest absolute Gasteiger partial charge is 0.463 e. The zero-order valence-corrected chi connectivity index (χ0v) is 23.7. The van der Waals surface area contributed by atoms with E-state index in [-0.39, 0.29) is 5.91 Å². The zero-order chi connectivity index (χ0) is 27.9. The van der Waals surface area contributed by atoms with E-state index in [2.05, 4.69) is 37.1 Å². The molecule has 1 saturated heterocycles. The Balaban J connectivity index is 1.64. The molecule has 1 fully saturated rings. The van der Waals surface area contributed by atoms with Crippen molar-refractivity contribution < 1.29 is 9.53 Å². The maximum Gasteiger partial charge on any atom is 0.318 e. The van der Waals surface area contributed by atoms with E-state index in [0.717, 1.165) is 59.7 Å². The molecule has 2 aliphatic rings. The second-order valence-corrected chi connectivity index (χ2v) is 10.5. The number of piperazine rings is 1. The Morgan fingerprint density at radius 1 is 1.18 bits per heavy atom. The van der Waals surface area contributed by atoms with Gasteiger partial charge in [0.25, 0.3) is 0 Å². The summed E-state index contributed by atoms with van der Waals surface area (Å²) in [6.07, 6.45) is 8.06. The Hall–Kier alpha value is -3.62. The van der Waals surface area contributed by atoms with E-state index in [1.54, 1.807) is 0 Å². The SMILES string of the molecule is C=CC(=O)N1CCN(c2nc(OCC(CC)CCCC)nc3c2CCN(c2c(C)ccc(N)c2C=N)C3)CC1. The maximum absolute atomic E-state index is 12.1. The summed E-state index contributed by atoms with van der Waals surface area (Å²) in [5, 5.41) is 7.99. The highest BCUT2D eigenvalue weighted by Crippen LogP contribution is 2.35. The molecule has 1 amide bonds. The number of amides is 1. The van der Waals surface area contributed by atoms with E-state index >= 15 is 0 Å². The number of nitrogens with one attached hydrogen (secondary N) is 1. The second kappa shape index (κ2) is 13.0. The molecule has 1 unspecified atom stereocenters. The lowest BCUT2D eigenvalue weighted by molar-refractivity contribution is -0.126. The topological polar surface area (TPSA) is 112 Å². The van der Waals surface area contributed by atoms with Crippen LogP contribution in [0, 0.1) is 18.3 Å². The first-order chi connectivity index (χ1) is 18.9. The Labute approximate surface area is 232 Å². The molecule has 9 nitrogen and oxygen atoms in total. The third-order valence-electron chi connectivity index (χ3n) is 7.99. The summed E-state index contributed by atoms with van der Waals surface area (Å²) in [6, 6.07) is 4.29. The van der Waals surface area contributed by atoms with Gasteiger partial charge in [-0.1, -0.05) is 45.8 Å². The molecule has 4 rings (SSSR count). The van der Waals surface area contributed by atoms with Crippen molar-refractivity contribution in [2.75, 3.05) is 54.9 Å². The van der Waals surface area contributed by atoms with E-state index in [1.807, 2.05) is 17.0 Å². The van der Waals surface area contributed by atoms with Gasteiger partial charge >= 0.3 is 6.01 Å². The minimum absolute atomic E-state index is 0.0313. The number of aromatic nitrogens is 2. The number of fused-ring (bicyclic) bond motifs is 1. The van der Waals surface area contributed by atoms with Crippen LogP contribution < -0.4 is 20.3 Å². The van der Waals surface area contributed by atoms with Gasteiger partial charge in [-0.2, -0.15) is 9.97 Å². The quantitative estimate of drug-likeness (QED) is 0.251. The molecule has 1 aromatic heterocycles. The van der Waals surface area contributed by atoms with Crippen molar-refractivity contribution in [3.8, 4) is 6.01 Å². The summed E-state index contributed by atoms with van der Waals surface area (Å²) in [5.41, 5.74) is 11.7. The number of anilines is 3. The molecule has 3 heterocycles. The van der Waals surface area contributed by atoms with E-state index in [4.69, 9.17) is 25.8 Å². The summed E-state index contributed by atoms with van der Waals surface area (Å²) < 4.78 is 6.26. The molecule has 9 heteroatoms. The van der Waals surface area contributed by atoms with Crippen LogP contribution in [0.1, 0.15) is 61.9 Å². The van der Waals surface area contributed by atoms with Crippen LogP contribution >= 0.6 is 0 Å². The number of rotatable bonds is 11. The summed E-state index contributed by atoms with van der Waals surface area (Å²) >= 11 is 0. The average molecular weight is 534 g/mol. The lowest BCUT2D eigenvalue weighted by atomic mass is 10.00. The highest BCUT2D eigenvalue weighted by atomic mass is 16.5. The van der Waals surface area contributed by atoms with Crippen LogP contribution in [0.25, 0.3) is 0 Å². The summed E-state index contributed by atoms with van der Waals surface area (Å²) in [6.45, 7) is 14.7. The summed E-state index contributed by atoms with van der Waals surface area (Å²) in [4.78, 5) is 28.4. The Morgan fingerprint density at radius 3 is 2.62 bits per heavy atom. The number of carbonyl (C=O) groups is 1. The van der Waals surface area contributed by atoms with Gasteiger partial charge in [0.05, 0.1) is 24.5 Å². The van der Waals surface area contributed by atoms with Crippen LogP contribution in [0.2, 0.25) is 0 Å². The monoisotopic (exact) mass is 533 g/mol. The predicted octanol–water partition coefficient (Wildman–Crippen LogP) is 4.36. The standard InChI is InChI=1S/C30H43N7O2/c1-5-8-9-22(6-2)20-39-30-33-26-19-37(28-21(4)10-11-25(32)24(28)18-31)13-12-23(26)29(34-30)36-16-14-35(15-17-36)27(38)7-3/h7,10-11,18,22,31H,3,5-6,8-9,12-17,19-20,32H2,1-2,4H3. The van der Waals surface area contributed by atoms with E-state index < -0.39 is 0 Å². The molecule has 0 saturated carbocycles. The molecule has 210 valence electrons. The van der Waals surface area contributed by atoms with Gasteiger partial charge in [-0.15, -0.1) is 0 Å². The highest BCUT2D eigenvalue weighted by Gasteiger charge is 2.29. The van der Waals surface area contributed by atoms with Crippen LogP contribution in [0.5, 0.6) is 6.01 Å². The lowest BCUT2D eigenvalue weighted by Gasteiger charge is -2.38. The number of carbonyl (C=O) groups excluding carboxylic acids is 1. The van der Waals surface area contributed by atoms with Crippen molar-refractivity contribution in [1.29, 1.82) is 5.41 Å². The van der Waals surface area contributed by atoms with Crippen molar-refractivity contribution in [3.63, 3.8) is 0 Å². The number of nitrogens with two attached hydrogens (primary N) is 1. The first-order valence-corrected chi connectivity index (χ1v) is 14.2. The van der Waals surface area contributed by atoms with Crippen molar-refractivity contribution >= 4 is 29.3 Å². The lowest BCUT2D eigenvalue weighted by Crippen LogP contribution is -2.49. The van der Waals surface area contributed by atoms with Gasteiger partial charge in [0, 0.05) is 55.8 Å². The van der Waals surface area contributed by atoms with E-state index in [1.165, 1.54) is 25.1 Å². The fourth-order valence-electron chi connectivity index (χ4n) is 5.57. The molecular formula is C30H43N7O2. The van der Waals surface area contributed by atoms with Crippen LogP contribution in [-0.4, -0.2) is 66.3 Å². The maximum atomic E-state index is 12.1. The molecule has 0 aliphatic carbocycles. The fraction of sp³-hybridized carbons (Fsp3) is 0.533. The number of nitrogen functional groups attached to an aromatic ring is 1. The fourth-order valence-corrected chi connectivity index (χ4v) is 5.57. The van der Waals surface area contributed by atoms with E-state index in [9.17, 15) is 4.79 Å². The number of hydrogen-bond donors (Lipinski definition) is 2. The summed E-state index contributed by atoms with van der Waals surface area (Å²) in [7, 11) is 0. The molecule has 2 aromatic rings. The van der Waals surface area contributed by atoms with Gasteiger partial charge in [0.1, 0.15) is 5.82 Å². The molecule has 3 N–H and O–H groups in total. The number of nitrogens with zero attached hydrogens (tertiary/aromatic N) is 5. The molecule has 1 aromatic carbocycles. The molecule has 39 heavy (non-hydrogen) atoms. The molecule has 0 bridgehead atoms. The molecule has 0 radical (unpaired) electrons. The molecule has 2 aliphatic heterocycles. The minimum atomic E-state index is -0.0313. The Bertz CT molecular complexity index is 1190. The number of ether oxygens (including phenoxy) is 1. The van der Waals surface area contributed by atoms with Gasteiger partial charge in [-0.05, 0) is 43.4 Å². The number of hydrogen-bond acceptors (Lipinski definition) is 8. The first kappa shape index (κ1) is 28.4. The Kier molecular flexibility index (Phi) is 9.43. The zero-order valence-electron chi connectivity index (χ0n) is 23.7. The molecule has 0 spiro atoms. The van der Waals surface area contributed by atoms with Crippen molar-refractivity contribution in [3.05, 3.63) is 47.2 Å². The predicted molar refractivity (Wildman–Crippen MR) is 158 cm³/mol. The van der Waals surface area contributed by atoms with Crippen LogP contribution in [0.15, 0.2) is 24.8 Å². The number of aryl methyl sites for hydroxylation is 1. The highest BCUT2D eigenvalue weighted by molar-refractivity contribution is 5.94. The third kappa shape index (κ3) is 6.34. The minimum Gasteiger partial charge on any atom is -0.463 e. The smallest absolute Gasteiger partial charge is 0.318 e. The van der Waals surface area contributed by atoms with Gasteiger partial charge in [-0.3, -0.25) is 4.79 Å². The van der Waals surface area contributed by atoms with Crippen LogP contribution in [-0.2, 0) is 17.8 Å². The second-order valence-electron chi connectivity index (χ2n) is 10.5.